The standard InChI is InChI=1S/C17H15ClN2O3S/c18-13-5-3-12(4-6-13)16(22)11-24-17-19-8-14(10-21)20(17)9-15-2-1-7-23-15/h1-8,21H,9-11H2. The second-order valence-corrected chi connectivity index (χ2v) is 6.45. The van der Waals surface area contributed by atoms with Crippen molar-refractivity contribution < 1.29 is 14.3 Å². The SMILES string of the molecule is O=C(CSc1ncc(CO)n1Cc1ccco1)c1ccc(Cl)cc1. The van der Waals surface area contributed by atoms with Gasteiger partial charge in [0.15, 0.2) is 10.9 Å². The van der Waals surface area contributed by atoms with Crippen molar-refractivity contribution in [1.29, 1.82) is 0 Å². The van der Waals surface area contributed by atoms with Crippen LogP contribution in [0.1, 0.15) is 21.8 Å². The molecule has 0 saturated heterocycles. The summed E-state index contributed by atoms with van der Waals surface area (Å²) < 4.78 is 7.19. The molecule has 0 bridgehead atoms. The number of carbonyl (C=O) groups is 1. The number of halogens is 1. The molecule has 0 aliphatic rings. The number of carbonyl (C=O) groups excluding carboxylic acids is 1. The Morgan fingerprint density at radius 3 is 2.75 bits per heavy atom. The van der Waals surface area contributed by atoms with E-state index in [0.717, 1.165) is 5.76 Å². The van der Waals surface area contributed by atoms with Crippen molar-refractivity contribution in [3.05, 3.63) is 70.9 Å². The molecule has 0 spiro atoms. The zero-order valence-corrected chi connectivity index (χ0v) is 14.3. The molecule has 0 saturated carbocycles. The van der Waals surface area contributed by atoms with E-state index in [1.807, 2.05) is 16.7 Å². The van der Waals surface area contributed by atoms with Gasteiger partial charge in [0.1, 0.15) is 5.76 Å². The van der Waals surface area contributed by atoms with Gasteiger partial charge in [0.05, 0.1) is 37.1 Å². The van der Waals surface area contributed by atoms with E-state index in [9.17, 15) is 9.90 Å². The number of benzene rings is 1. The predicted octanol–water partition coefficient (Wildman–Crippen LogP) is 3.65. The highest BCUT2D eigenvalue weighted by atomic mass is 35.5. The molecule has 2 aromatic heterocycles. The van der Waals surface area contributed by atoms with Gasteiger partial charge in [-0.15, -0.1) is 0 Å². The third kappa shape index (κ3) is 3.90. The Hall–Kier alpha value is -2.02. The van der Waals surface area contributed by atoms with E-state index in [-0.39, 0.29) is 18.1 Å². The number of furan rings is 1. The molecule has 2 heterocycles. The number of aliphatic hydroxyl groups excluding tert-OH is 1. The molecule has 0 radical (unpaired) electrons. The Kier molecular flexibility index (Phi) is 5.40. The molecule has 0 atom stereocenters. The van der Waals surface area contributed by atoms with Crippen LogP contribution in [0.25, 0.3) is 0 Å². The molecule has 0 fully saturated rings. The van der Waals surface area contributed by atoms with Crippen LogP contribution >= 0.6 is 23.4 Å². The molecular weight excluding hydrogens is 348 g/mol. The summed E-state index contributed by atoms with van der Waals surface area (Å²) in [6.07, 6.45) is 3.21. The lowest BCUT2D eigenvalue weighted by Crippen LogP contribution is -2.08. The van der Waals surface area contributed by atoms with Crippen molar-refractivity contribution in [3.8, 4) is 0 Å². The first-order chi connectivity index (χ1) is 11.7. The van der Waals surface area contributed by atoms with Gasteiger partial charge in [-0.3, -0.25) is 4.79 Å². The highest BCUT2D eigenvalue weighted by Crippen LogP contribution is 2.22. The zero-order valence-electron chi connectivity index (χ0n) is 12.7. The van der Waals surface area contributed by atoms with E-state index in [2.05, 4.69) is 4.98 Å². The van der Waals surface area contributed by atoms with Crippen molar-refractivity contribution in [2.75, 3.05) is 5.75 Å². The van der Waals surface area contributed by atoms with Crippen LogP contribution in [0.4, 0.5) is 0 Å². The summed E-state index contributed by atoms with van der Waals surface area (Å²) in [5.41, 5.74) is 1.28. The molecule has 0 amide bonds. The van der Waals surface area contributed by atoms with Crippen LogP contribution in [0, 0.1) is 0 Å². The van der Waals surface area contributed by atoms with Gasteiger partial charge in [0.2, 0.25) is 0 Å². The molecule has 24 heavy (non-hydrogen) atoms. The number of Topliss-reactive ketones (excluding diaryl/α,β-unsaturated/α-hetero) is 1. The summed E-state index contributed by atoms with van der Waals surface area (Å²) in [7, 11) is 0. The normalized spacial score (nSPS) is 10.9. The van der Waals surface area contributed by atoms with Crippen molar-refractivity contribution in [1.82, 2.24) is 9.55 Å². The Morgan fingerprint density at radius 2 is 2.08 bits per heavy atom. The van der Waals surface area contributed by atoms with Crippen molar-refractivity contribution in [3.63, 3.8) is 0 Å². The van der Waals surface area contributed by atoms with Gasteiger partial charge in [-0.05, 0) is 36.4 Å². The monoisotopic (exact) mass is 362 g/mol. The topological polar surface area (TPSA) is 68.3 Å². The smallest absolute Gasteiger partial charge is 0.173 e. The molecule has 0 aliphatic carbocycles. The summed E-state index contributed by atoms with van der Waals surface area (Å²) in [5, 5.41) is 10.7. The summed E-state index contributed by atoms with van der Waals surface area (Å²) in [6.45, 7) is 0.333. The van der Waals surface area contributed by atoms with Crippen LogP contribution in [0.3, 0.4) is 0 Å². The summed E-state index contributed by atoms with van der Waals surface area (Å²) >= 11 is 7.16. The lowest BCUT2D eigenvalue weighted by molar-refractivity contribution is 0.102. The lowest BCUT2D eigenvalue weighted by Gasteiger charge is -2.09. The second kappa shape index (κ2) is 7.70. The van der Waals surface area contributed by atoms with Gasteiger partial charge in [-0.25, -0.2) is 4.98 Å². The average molecular weight is 363 g/mol. The quantitative estimate of drug-likeness (QED) is 0.513. The van der Waals surface area contributed by atoms with E-state index in [1.165, 1.54) is 11.8 Å². The van der Waals surface area contributed by atoms with Gasteiger partial charge in [0, 0.05) is 10.6 Å². The number of ketones is 1. The average Bonchev–Trinajstić information content (AvgIpc) is 3.23. The highest BCUT2D eigenvalue weighted by Gasteiger charge is 2.14. The summed E-state index contributed by atoms with van der Waals surface area (Å²) in [6, 6.07) is 10.5. The fraction of sp³-hybridized carbons (Fsp3) is 0.176. The minimum atomic E-state index is -0.126. The van der Waals surface area contributed by atoms with Crippen LogP contribution in [-0.2, 0) is 13.2 Å². The van der Waals surface area contributed by atoms with Gasteiger partial charge >= 0.3 is 0 Å². The van der Waals surface area contributed by atoms with Crippen LogP contribution in [0.2, 0.25) is 5.02 Å². The first kappa shape index (κ1) is 16.8. The number of rotatable bonds is 7. The Balaban J connectivity index is 1.71. The Labute approximate surface area is 148 Å². The first-order valence-corrected chi connectivity index (χ1v) is 8.63. The number of thioether (sulfide) groups is 1. The molecule has 1 aromatic carbocycles. The van der Waals surface area contributed by atoms with Crippen molar-refractivity contribution in [2.45, 2.75) is 18.3 Å². The Bertz CT molecular complexity index is 813. The molecule has 1 N–H and O–H groups in total. The van der Waals surface area contributed by atoms with Crippen LogP contribution in [0.5, 0.6) is 0 Å². The molecule has 0 aliphatic heterocycles. The van der Waals surface area contributed by atoms with E-state index in [4.69, 9.17) is 16.0 Å². The number of nitrogens with zero attached hydrogens (tertiary/aromatic N) is 2. The second-order valence-electron chi connectivity index (χ2n) is 5.07. The van der Waals surface area contributed by atoms with E-state index in [0.29, 0.717) is 28.0 Å². The van der Waals surface area contributed by atoms with E-state index < -0.39 is 0 Å². The number of hydrogen-bond donors (Lipinski definition) is 1. The van der Waals surface area contributed by atoms with Crippen molar-refractivity contribution >= 4 is 29.1 Å². The number of aromatic nitrogens is 2. The molecule has 0 unspecified atom stereocenters. The maximum atomic E-state index is 12.3. The van der Waals surface area contributed by atoms with Gasteiger partial charge < -0.3 is 14.1 Å². The van der Waals surface area contributed by atoms with Gasteiger partial charge in [0.25, 0.3) is 0 Å². The predicted molar refractivity (Wildman–Crippen MR) is 92.5 cm³/mol. The molecule has 7 heteroatoms. The Morgan fingerprint density at radius 1 is 1.29 bits per heavy atom. The molecule has 124 valence electrons. The minimum Gasteiger partial charge on any atom is -0.467 e. The maximum absolute atomic E-state index is 12.3. The van der Waals surface area contributed by atoms with Crippen molar-refractivity contribution in [2.24, 2.45) is 0 Å². The summed E-state index contributed by atoms with van der Waals surface area (Å²) in [4.78, 5) is 16.6. The largest absolute Gasteiger partial charge is 0.467 e. The number of imidazole rings is 1. The van der Waals surface area contributed by atoms with Crippen LogP contribution < -0.4 is 0 Å². The minimum absolute atomic E-state index is 0.00485. The molecule has 3 aromatic rings. The number of aliphatic hydroxyl groups is 1. The number of hydrogen-bond acceptors (Lipinski definition) is 5. The molecular formula is C17H15ClN2O3S. The third-order valence-electron chi connectivity index (χ3n) is 3.46. The lowest BCUT2D eigenvalue weighted by atomic mass is 10.1. The van der Waals surface area contributed by atoms with Crippen LogP contribution in [0.15, 0.2) is 58.4 Å². The zero-order chi connectivity index (χ0) is 16.9. The van der Waals surface area contributed by atoms with Crippen LogP contribution in [-0.4, -0.2) is 26.2 Å². The van der Waals surface area contributed by atoms with Gasteiger partial charge in [-0.1, -0.05) is 23.4 Å². The first-order valence-electron chi connectivity index (χ1n) is 7.26. The highest BCUT2D eigenvalue weighted by molar-refractivity contribution is 7.99. The maximum Gasteiger partial charge on any atom is 0.173 e. The van der Waals surface area contributed by atoms with E-state index in [1.54, 1.807) is 36.7 Å². The summed E-state index contributed by atoms with van der Waals surface area (Å²) in [5.74, 6) is 1.00. The molecule has 3 rings (SSSR count). The fourth-order valence-electron chi connectivity index (χ4n) is 2.21. The van der Waals surface area contributed by atoms with Gasteiger partial charge in [-0.2, -0.15) is 0 Å². The third-order valence-corrected chi connectivity index (χ3v) is 4.70. The fourth-order valence-corrected chi connectivity index (χ4v) is 3.23. The molecule has 5 nitrogen and oxygen atoms in total. The van der Waals surface area contributed by atoms with E-state index >= 15 is 0 Å².